The zero-order chi connectivity index (χ0) is 19.3. The third kappa shape index (κ3) is 3.53. The Balaban J connectivity index is 1.80. The Bertz CT molecular complexity index is 1160. The van der Waals surface area contributed by atoms with Gasteiger partial charge in [-0.15, -0.1) is 9.89 Å². The van der Waals surface area contributed by atoms with Crippen molar-refractivity contribution in [2.24, 2.45) is 0 Å². The van der Waals surface area contributed by atoms with E-state index in [1.54, 1.807) is 18.3 Å². The average Bonchev–Trinajstić information content (AvgIpc) is 2.77. The Labute approximate surface area is 167 Å². The van der Waals surface area contributed by atoms with Crippen LogP contribution in [0.2, 0.25) is 0 Å². The van der Waals surface area contributed by atoms with Gasteiger partial charge in [-0.25, -0.2) is 5.43 Å². The molecule has 0 saturated carbocycles. The molecule has 0 aliphatic heterocycles. The first-order valence-electron chi connectivity index (χ1n) is 8.73. The monoisotopic (exact) mass is 387 g/mol. The van der Waals surface area contributed by atoms with E-state index in [1.165, 1.54) is 15.4 Å². The molecule has 0 unspecified atom stereocenters. The second-order valence-corrected chi connectivity index (χ2v) is 6.29. The Kier molecular flexibility index (Phi) is 5.18. The Morgan fingerprint density at radius 2 is 1.71 bits per heavy atom. The molecular weight excluding hydrogens is 370 g/mol. The molecule has 7 heteroatoms. The largest absolute Gasteiger partial charge is 0.297 e. The fourth-order valence-corrected chi connectivity index (χ4v) is 3.08. The predicted molar refractivity (Wildman–Crippen MR) is 114 cm³/mol. The van der Waals surface area contributed by atoms with Crippen LogP contribution in [0, 0.1) is 0 Å². The van der Waals surface area contributed by atoms with Crippen LogP contribution in [-0.2, 0) is 6.54 Å². The Morgan fingerprint density at radius 1 is 1.00 bits per heavy atom. The van der Waals surface area contributed by atoms with Gasteiger partial charge in [-0.1, -0.05) is 72.9 Å². The van der Waals surface area contributed by atoms with E-state index >= 15 is 0 Å². The summed E-state index contributed by atoms with van der Waals surface area (Å²) in [6, 6.07) is 23.0. The van der Waals surface area contributed by atoms with Gasteiger partial charge in [0.1, 0.15) is 16.7 Å². The van der Waals surface area contributed by atoms with Crippen molar-refractivity contribution >= 4 is 28.6 Å². The summed E-state index contributed by atoms with van der Waals surface area (Å²) in [6.07, 6.45) is 1.66. The minimum atomic E-state index is -0.301. The van der Waals surface area contributed by atoms with Crippen LogP contribution >= 0.6 is 12.2 Å². The van der Waals surface area contributed by atoms with Crippen LogP contribution < -0.4 is 16.1 Å². The van der Waals surface area contributed by atoms with E-state index in [0.717, 1.165) is 11.1 Å². The molecular formula is C21H17N5OS. The van der Waals surface area contributed by atoms with Crippen molar-refractivity contribution in [3.63, 3.8) is 0 Å². The number of nitrogens with one attached hydrogen (secondary N) is 1. The number of nitrogens with zero attached hydrogens (tertiary/aromatic N) is 4. The first-order chi connectivity index (χ1) is 13.8. The maximum Gasteiger partial charge on any atom is 0.297 e. The van der Waals surface area contributed by atoms with Crippen molar-refractivity contribution in [2.45, 2.75) is 6.54 Å². The molecule has 0 radical (unpaired) electrons. The second kappa shape index (κ2) is 8.08. The maximum absolute atomic E-state index is 13.0. The van der Waals surface area contributed by atoms with E-state index in [1.807, 2.05) is 60.7 Å². The molecule has 2 aromatic carbocycles. The summed E-state index contributed by atoms with van der Waals surface area (Å²) in [4.78, 5) is 18.7. The molecule has 28 heavy (non-hydrogen) atoms. The lowest BCUT2D eigenvalue weighted by atomic mass is 10.1. The smallest absolute Gasteiger partial charge is 0.265 e. The summed E-state index contributed by atoms with van der Waals surface area (Å²) in [5.74, 6) is 0. The van der Waals surface area contributed by atoms with Crippen LogP contribution in [0.5, 0.6) is 0 Å². The molecule has 0 saturated heterocycles. The fourth-order valence-electron chi connectivity index (χ4n) is 2.92. The van der Waals surface area contributed by atoms with Crippen molar-refractivity contribution in [1.82, 2.24) is 20.3 Å². The van der Waals surface area contributed by atoms with Crippen LogP contribution in [-0.4, -0.2) is 20.4 Å². The standard InChI is InChI=1S/C21H17N5OS/c27-21-18-12-7-13-22-20(18)19(17-10-5-2-6-11-17)24-26(21)25(15-28)23-14-16-8-3-1-4-9-16/h1-13,15,23H,14H2. The SMILES string of the molecule is O=c1c2cccnc2c(-c2ccccc2)nn1N(C=S)NCc1ccccc1. The van der Waals surface area contributed by atoms with Gasteiger partial charge >= 0.3 is 0 Å². The fraction of sp³-hybridized carbons (Fsp3) is 0.0476. The van der Waals surface area contributed by atoms with Gasteiger partial charge in [0.2, 0.25) is 0 Å². The number of hydrazine groups is 1. The van der Waals surface area contributed by atoms with Gasteiger partial charge in [0, 0.05) is 18.3 Å². The van der Waals surface area contributed by atoms with Crippen molar-refractivity contribution in [3.8, 4) is 11.3 Å². The molecule has 4 aromatic rings. The second-order valence-electron chi connectivity index (χ2n) is 6.08. The number of pyridine rings is 1. The summed E-state index contributed by atoms with van der Waals surface area (Å²) in [5.41, 5.74) is 7.29. The van der Waals surface area contributed by atoms with Crippen molar-refractivity contribution in [3.05, 3.63) is 94.9 Å². The lowest BCUT2D eigenvalue weighted by Gasteiger charge is -2.22. The van der Waals surface area contributed by atoms with E-state index in [9.17, 15) is 4.79 Å². The summed E-state index contributed by atoms with van der Waals surface area (Å²) in [5, 5.41) is 6.45. The highest BCUT2D eigenvalue weighted by atomic mass is 32.1. The predicted octanol–water partition coefficient (Wildman–Crippen LogP) is 3.06. The van der Waals surface area contributed by atoms with Gasteiger partial charge in [0.15, 0.2) is 0 Å². The number of aromatic nitrogens is 3. The highest BCUT2D eigenvalue weighted by Gasteiger charge is 2.16. The highest BCUT2D eigenvalue weighted by molar-refractivity contribution is 7.79. The quantitative estimate of drug-likeness (QED) is 0.405. The minimum Gasteiger partial charge on any atom is -0.265 e. The zero-order valence-electron chi connectivity index (χ0n) is 14.9. The van der Waals surface area contributed by atoms with Crippen molar-refractivity contribution in [2.75, 3.05) is 5.12 Å². The molecule has 0 amide bonds. The van der Waals surface area contributed by atoms with Crippen molar-refractivity contribution < 1.29 is 0 Å². The lowest BCUT2D eigenvalue weighted by Crippen LogP contribution is -2.51. The number of hydrogen-bond acceptors (Lipinski definition) is 5. The van der Waals surface area contributed by atoms with Gasteiger partial charge in [-0.05, 0) is 17.7 Å². The van der Waals surface area contributed by atoms with Gasteiger partial charge in [-0.2, -0.15) is 5.12 Å². The van der Waals surface area contributed by atoms with E-state index in [-0.39, 0.29) is 5.56 Å². The summed E-state index contributed by atoms with van der Waals surface area (Å²) < 4.78 is 0. The molecule has 2 aromatic heterocycles. The summed E-state index contributed by atoms with van der Waals surface area (Å²) in [7, 11) is 0. The van der Waals surface area contributed by atoms with E-state index in [4.69, 9.17) is 12.2 Å². The summed E-state index contributed by atoms with van der Waals surface area (Å²) >= 11 is 5.14. The number of rotatable bonds is 6. The minimum absolute atomic E-state index is 0.301. The van der Waals surface area contributed by atoms with Gasteiger partial charge in [-0.3, -0.25) is 9.78 Å². The molecule has 2 heterocycles. The number of fused-ring (bicyclic) bond motifs is 1. The molecule has 0 atom stereocenters. The first kappa shape index (κ1) is 18.0. The molecule has 6 nitrogen and oxygen atoms in total. The third-order valence-electron chi connectivity index (χ3n) is 4.28. The number of hydrogen-bond donors (Lipinski definition) is 1. The van der Waals surface area contributed by atoms with E-state index in [2.05, 4.69) is 15.5 Å². The van der Waals surface area contributed by atoms with Crippen LogP contribution in [0.25, 0.3) is 22.2 Å². The Hall–Kier alpha value is -3.42. The van der Waals surface area contributed by atoms with E-state index in [0.29, 0.717) is 23.1 Å². The molecule has 4 rings (SSSR count). The normalized spacial score (nSPS) is 10.7. The van der Waals surface area contributed by atoms with Crippen LogP contribution in [0.3, 0.4) is 0 Å². The van der Waals surface area contributed by atoms with Crippen LogP contribution in [0.1, 0.15) is 5.56 Å². The number of benzene rings is 2. The van der Waals surface area contributed by atoms with Gasteiger partial charge in [0.25, 0.3) is 5.56 Å². The Morgan fingerprint density at radius 3 is 2.43 bits per heavy atom. The molecule has 0 spiro atoms. The first-order valence-corrected chi connectivity index (χ1v) is 9.21. The van der Waals surface area contributed by atoms with Crippen molar-refractivity contribution in [1.29, 1.82) is 0 Å². The lowest BCUT2D eigenvalue weighted by molar-refractivity contribution is 0.519. The van der Waals surface area contributed by atoms with Crippen LogP contribution in [0.4, 0.5) is 0 Å². The zero-order valence-corrected chi connectivity index (χ0v) is 15.7. The molecule has 0 bridgehead atoms. The summed E-state index contributed by atoms with van der Waals surface area (Å²) in [6.45, 7) is 0.494. The van der Waals surface area contributed by atoms with E-state index < -0.39 is 0 Å². The molecule has 0 aliphatic carbocycles. The molecule has 0 aliphatic rings. The average molecular weight is 387 g/mol. The van der Waals surface area contributed by atoms with Gasteiger partial charge in [0.05, 0.1) is 5.39 Å². The highest BCUT2D eigenvalue weighted by Crippen LogP contribution is 2.22. The van der Waals surface area contributed by atoms with Gasteiger partial charge < -0.3 is 0 Å². The topological polar surface area (TPSA) is 63.1 Å². The molecule has 138 valence electrons. The van der Waals surface area contributed by atoms with Crippen LogP contribution in [0.15, 0.2) is 83.8 Å². The maximum atomic E-state index is 13.0. The third-order valence-corrected chi connectivity index (χ3v) is 4.48. The molecule has 1 N–H and O–H groups in total. The number of thiocarbonyl (C=S) groups is 1. The molecule has 0 fully saturated rings.